The van der Waals surface area contributed by atoms with Crippen LogP contribution in [0.4, 0.5) is 0 Å². The van der Waals surface area contributed by atoms with E-state index in [1.165, 1.54) is 35.0 Å². The van der Waals surface area contributed by atoms with Crippen LogP contribution in [0, 0.1) is 87.8 Å². The first-order valence-electron chi connectivity index (χ1n) is 41.6. The number of carbonyl (C=O) groups is 5. The zero-order valence-corrected chi connectivity index (χ0v) is 77.4. The lowest BCUT2D eigenvalue weighted by molar-refractivity contribution is -0.162. The van der Waals surface area contributed by atoms with E-state index in [1.807, 2.05) is 60.6 Å². The first kappa shape index (κ1) is 94.0. The largest absolute Gasteiger partial charge is 0.469 e. The van der Waals surface area contributed by atoms with Gasteiger partial charge in [-0.25, -0.2) is 0 Å². The molecule has 1 N–H and O–H groups in total. The topological polar surface area (TPSA) is 620 Å². The zero-order valence-electron chi connectivity index (χ0n) is 70.9. The van der Waals surface area contributed by atoms with Crippen molar-refractivity contribution in [1.29, 1.82) is 10.5 Å². The van der Waals surface area contributed by atoms with Gasteiger partial charge in [0.2, 0.25) is 9.49 Å². The number of carbonyl (C=O) groups excluding carboxylic acids is 5. The summed E-state index contributed by atoms with van der Waals surface area (Å²) in [6.07, 6.45) is -5.82. The molecule has 0 aromatic heterocycles. The molecule has 0 amide bonds. The lowest BCUT2D eigenvalue weighted by Crippen LogP contribution is -2.52. The normalized spacial score (nSPS) is 53.4. The molecule has 24 saturated heterocycles. The third kappa shape index (κ3) is 13.1. The molecule has 24 heterocycles. The van der Waals surface area contributed by atoms with Gasteiger partial charge in [0.05, 0.1) is 75.5 Å². The number of ether oxygens (including phenoxy) is 13. The van der Waals surface area contributed by atoms with Gasteiger partial charge in [0.15, 0.2) is 0 Å². The van der Waals surface area contributed by atoms with Crippen LogP contribution in [-0.4, -0.2) is 328 Å². The van der Waals surface area contributed by atoms with Gasteiger partial charge in [-0.05, 0) is 13.3 Å². The predicted molar refractivity (Wildman–Crippen MR) is 413 cm³/mol. The van der Waals surface area contributed by atoms with Gasteiger partial charge in [-0.3, -0.25) is 57.4 Å². The van der Waals surface area contributed by atoms with Crippen molar-refractivity contribution >= 4 is 111 Å². The number of aliphatic hydroxyl groups excluding tert-OH is 1. The number of nitrogens with zero attached hydrogens (tertiary/aromatic N) is 2. The van der Waals surface area contributed by atoms with Crippen molar-refractivity contribution < 1.29 is 191 Å². The van der Waals surface area contributed by atoms with E-state index in [-0.39, 0.29) is 160 Å². The molecule has 53 heteroatoms. The van der Waals surface area contributed by atoms with E-state index in [1.54, 1.807) is 20.8 Å². The molecule has 24 fully saturated rings. The van der Waals surface area contributed by atoms with E-state index in [4.69, 9.17) is 96.1 Å². The van der Waals surface area contributed by atoms with Gasteiger partial charge in [0.1, 0.15) is 165 Å². The molecule has 0 spiro atoms. The first-order valence-corrected chi connectivity index (χ1v) is 53.2. The number of rotatable bonds is 9. The summed E-state index contributed by atoms with van der Waals surface area (Å²) >= 11 is 0. The van der Waals surface area contributed by atoms with Crippen molar-refractivity contribution in [2.24, 2.45) is 65.1 Å². The number of methoxy groups -OCH3 is 2. The monoisotopic (exact) mass is 1960 g/mol. The van der Waals surface area contributed by atoms with Crippen molar-refractivity contribution in [1.82, 2.24) is 0 Å². The minimum Gasteiger partial charge on any atom is -0.469 e. The minimum atomic E-state index is -3.94. The second-order valence-electron chi connectivity index (χ2n) is 37.8. The van der Waals surface area contributed by atoms with E-state index in [0.29, 0.717) is 6.42 Å². The molecule has 24 aliphatic heterocycles. The molecule has 43 unspecified atom stereocenters. The molecule has 127 heavy (non-hydrogen) atoms. The van der Waals surface area contributed by atoms with Crippen molar-refractivity contribution in [3.8, 4) is 12.1 Å². The SMILES string of the molecule is CC(=O)OCC12CC3C(CO)(O1)C(OS3(=O)=O)C2C.CC(=O)OCC12CC3C(COC(C)=O)(O1)C(OS3(=O)=O)C2C.CC1C2CC3(C#N)C(O2)C1OS3(=O)=O.CC1C2CC3(C)C(O2)C1OS3(=O)=O.CC1C2OC3C1OS(=O)(=O)C3C2C.CC1C2OC3C1OS(=O)(=O)C3C2C#N.COC(=O)C12CC3OC1C(OS2(=O)=O)C3C.COC(=O)C1C2OC3C(OS(=O)(=O)C31)C2C. The Morgan fingerprint density at radius 2 is 0.811 bits per heavy atom. The highest BCUT2D eigenvalue weighted by Crippen LogP contribution is 2.66. The minimum absolute atomic E-state index is 0.0000520. The standard InChI is InChI=1S/C13H18O8S.C11H16O7S.2C9H12O6S.2C8H9NO4S.2C8H12O4S/c1-7-11-13(6-19-9(3)15)10(22(16,17)20-11)4-12(7,21-13)5-18-8(2)14;1-6-9-11(4-12)8(19(14,15)17-9)3-10(6,18-11)5-16-7(2)13;1-4-5-3-9(8(10)13-2)7(14-5)6(4)15-16(9,11)12;1-3-5-4(9(10)13-2)8-7(14-5)6(3)15-16(8,11)12;1-4-5-2-8(3-9)7(12-5)6(4)13-14(8,10)11;1-3-5-4(2-9)8-7(12-5)6(3)13-14(8,10)11;1-4-5-3-8(2)7(11-5)6(4)12-13(8,9)10;1-3-5-4(2)8-7(11-5)6(3)12-13(8,9)10/h7,10-11H,4-6H2,1-3H3;6,8-9,12H,3-5H2,1-2H3;4-7H,3H2,1-2H3;3-8H,1-2H3;4-7H,2H2,1H3;3-8H,1H3;4-7H,3H2,1-2H3;3-8H,1-2H3. The molecule has 712 valence electrons. The fraction of sp³-hybridized carbons (Fsp3) is 0.905. The van der Waals surface area contributed by atoms with Crippen LogP contribution in [0.3, 0.4) is 0 Å². The van der Waals surface area contributed by atoms with Crippen molar-refractivity contribution in [2.75, 3.05) is 40.6 Å². The van der Waals surface area contributed by atoms with Gasteiger partial charge in [-0.2, -0.15) is 77.9 Å². The maximum atomic E-state index is 12.2. The molecule has 0 aliphatic carbocycles. The zero-order chi connectivity index (χ0) is 92.8. The van der Waals surface area contributed by atoms with Crippen LogP contribution in [0.15, 0.2) is 0 Å². The summed E-state index contributed by atoms with van der Waals surface area (Å²) in [7, 11) is -26.8. The van der Waals surface area contributed by atoms with E-state index in [0.717, 1.165) is 0 Å². The summed E-state index contributed by atoms with van der Waals surface area (Å²) in [4.78, 5) is 56.5. The molecule has 0 radical (unpaired) electrons. The van der Waals surface area contributed by atoms with Gasteiger partial charge in [0, 0.05) is 99.7 Å². The summed E-state index contributed by atoms with van der Waals surface area (Å²) in [5.41, 5.74) is -4.24. The molecule has 0 aromatic carbocycles. The lowest BCUT2D eigenvalue weighted by Gasteiger charge is -2.31. The van der Waals surface area contributed by atoms with Gasteiger partial charge < -0.3 is 66.7 Å². The Kier molecular flexibility index (Phi) is 22.5. The third-order valence-electron chi connectivity index (χ3n) is 31.4. The number of nitriles is 2. The summed E-state index contributed by atoms with van der Waals surface area (Å²) in [5.74, 6) is -4.12. The van der Waals surface area contributed by atoms with Gasteiger partial charge in [-0.1, -0.05) is 62.3 Å². The summed E-state index contributed by atoms with van der Waals surface area (Å²) in [6.45, 7) is 21.9. The Morgan fingerprint density at radius 3 is 1.29 bits per heavy atom. The number of esters is 5. The fourth-order valence-corrected chi connectivity index (χ4v) is 39.5. The molecule has 43 atom stereocenters. The highest BCUT2D eigenvalue weighted by molar-refractivity contribution is 7.90. The Hall–Kier alpha value is -4.75. The second kappa shape index (κ2) is 30.4. The summed E-state index contributed by atoms with van der Waals surface area (Å²) < 4.78 is 294. The molecule has 45 nitrogen and oxygen atoms in total. The highest BCUT2D eigenvalue weighted by atomic mass is 32.3. The third-order valence-corrected chi connectivity index (χ3v) is 46.0. The summed E-state index contributed by atoms with van der Waals surface area (Å²) in [5, 5.41) is 23.6. The van der Waals surface area contributed by atoms with Crippen molar-refractivity contribution in [3.63, 3.8) is 0 Å². The maximum absolute atomic E-state index is 12.2. The fourth-order valence-electron chi connectivity index (χ4n) is 24.6. The predicted octanol–water partition coefficient (Wildman–Crippen LogP) is -2.49. The van der Waals surface area contributed by atoms with Crippen molar-refractivity contribution in [3.05, 3.63) is 0 Å². The summed E-state index contributed by atoms with van der Waals surface area (Å²) in [6, 6.07) is 3.90. The molecular formula is C74H100N2O43S8. The number of fused-ring (bicyclic) bond motifs is 8. The Balaban J connectivity index is 0.000000103. The van der Waals surface area contributed by atoms with Crippen LogP contribution in [0.1, 0.15) is 122 Å². The van der Waals surface area contributed by atoms with Gasteiger partial charge in [0.25, 0.3) is 80.9 Å². The average Bonchev–Trinajstić information content (AvgIpc) is 1.49. The Bertz CT molecular complexity index is 5680. The number of aliphatic hydroxyl groups is 1. The van der Waals surface area contributed by atoms with E-state index in [9.17, 15) is 96.4 Å². The molecule has 24 rings (SSSR count). The van der Waals surface area contributed by atoms with Crippen LogP contribution >= 0.6 is 0 Å². The maximum Gasteiger partial charge on any atom is 0.332 e. The lowest BCUT2D eigenvalue weighted by atomic mass is 9.73. The van der Waals surface area contributed by atoms with Crippen LogP contribution < -0.4 is 0 Å². The number of hydrogen-bond acceptors (Lipinski definition) is 45. The number of hydrogen-bond donors (Lipinski definition) is 1. The quantitative estimate of drug-likeness (QED) is 0.142. The van der Waals surface area contributed by atoms with Crippen LogP contribution in [0.5, 0.6) is 0 Å². The van der Waals surface area contributed by atoms with E-state index < -0.39 is 253 Å². The average molecular weight is 1960 g/mol. The van der Waals surface area contributed by atoms with Gasteiger partial charge in [-0.15, -0.1) is 0 Å². The molecule has 0 saturated carbocycles. The van der Waals surface area contributed by atoms with Crippen molar-refractivity contribution in [2.45, 2.75) is 307 Å². The second-order valence-corrected chi connectivity index (χ2v) is 52.2. The van der Waals surface area contributed by atoms with Gasteiger partial charge >= 0.3 is 29.8 Å². The molecular weight excluding hydrogens is 1860 g/mol. The molecule has 16 bridgehead atoms. The smallest absolute Gasteiger partial charge is 0.332 e. The van der Waals surface area contributed by atoms with Crippen LogP contribution in [0.2, 0.25) is 0 Å². The Morgan fingerprint density at radius 1 is 0.394 bits per heavy atom. The Labute approximate surface area is 733 Å². The molecule has 0 aromatic rings. The van der Waals surface area contributed by atoms with Crippen LogP contribution in [0.25, 0.3) is 0 Å². The molecule has 24 aliphatic rings. The van der Waals surface area contributed by atoms with E-state index in [2.05, 4.69) is 9.47 Å². The highest BCUT2D eigenvalue weighted by Gasteiger charge is 2.84. The van der Waals surface area contributed by atoms with Crippen LogP contribution in [-0.2, 0) is 200 Å². The van der Waals surface area contributed by atoms with E-state index >= 15 is 0 Å². The first-order chi connectivity index (χ1) is 58.9.